The monoisotopic (exact) mass is 519 g/mol. The van der Waals surface area contributed by atoms with Gasteiger partial charge in [0.15, 0.2) is 11.4 Å². The van der Waals surface area contributed by atoms with Crippen LogP contribution in [0.15, 0.2) is 94.4 Å². The van der Waals surface area contributed by atoms with Gasteiger partial charge in [-0.15, -0.1) is 22.0 Å². The van der Waals surface area contributed by atoms with E-state index in [1.54, 1.807) is 34.7 Å². The lowest BCUT2D eigenvalue weighted by Gasteiger charge is -2.04. The Kier molecular flexibility index (Phi) is 15.5. The number of carbonyl (C=O) groups excluding carboxylic acids is 1. The Morgan fingerprint density at radius 1 is 0.838 bits per heavy atom. The smallest absolute Gasteiger partial charge is 0.220 e. The lowest BCUT2D eigenvalue weighted by Crippen LogP contribution is -1.98. The number of anilines is 1. The molecule has 0 radical (unpaired) electrons. The third-order valence-electron chi connectivity index (χ3n) is 4.37. The van der Waals surface area contributed by atoms with Crippen molar-refractivity contribution in [3.05, 3.63) is 85.1 Å². The Labute approximate surface area is 224 Å². The second kappa shape index (κ2) is 18.4. The molecule has 0 aliphatic heterocycles. The molecule has 3 heterocycles. The number of aromatic nitrogens is 4. The molecule has 8 heteroatoms. The maximum Gasteiger partial charge on any atom is 0.220 e. The van der Waals surface area contributed by atoms with E-state index in [4.69, 9.17) is 4.42 Å². The number of carbonyl (C=O) groups is 1. The van der Waals surface area contributed by atoms with E-state index < -0.39 is 0 Å². The number of fused-ring (bicyclic) bond motifs is 1. The maximum absolute atomic E-state index is 10.6. The topological polar surface area (TPSA) is 85.3 Å². The number of rotatable bonds is 5. The lowest BCUT2D eigenvalue weighted by atomic mass is 10.1. The lowest BCUT2D eigenvalue weighted by molar-refractivity contribution is -0.105. The molecule has 7 nitrogen and oxygen atoms in total. The normalized spacial score (nSPS) is 9.16. The second-order valence-electron chi connectivity index (χ2n) is 6.35. The maximum atomic E-state index is 10.6. The summed E-state index contributed by atoms with van der Waals surface area (Å²) in [5, 5.41) is 15.4. The first-order valence-corrected chi connectivity index (χ1v) is 13.7. The standard InChI is InChI=1S/C16H11N5O2.C7H8S.3C2H6/c22-10-17-12-4-1-3-11(9-12)13-6-7-15-18-19-16(21(15)20-13)14-5-2-8-23-14;1-8-7-5-3-2-4-6-7;3*1-2/h1-10H,(H,17,22);2-6H,1H3;3*1-2H3. The molecule has 5 rings (SSSR count). The fourth-order valence-corrected chi connectivity index (χ4v) is 3.32. The van der Waals surface area contributed by atoms with Crippen molar-refractivity contribution < 1.29 is 9.21 Å². The molecule has 0 fully saturated rings. The highest BCUT2D eigenvalue weighted by Crippen LogP contribution is 2.23. The van der Waals surface area contributed by atoms with E-state index in [1.807, 2.05) is 96.1 Å². The third-order valence-corrected chi connectivity index (χ3v) is 5.11. The zero-order valence-corrected chi connectivity index (χ0v) is 23.5. The highest BCUT2D eigenvalue weighted by molar-refractivity contribution is 7.98. The molecule has 0 saturated carbocycles. The van der Waals surface area contributed by atoms with Crippen molar-refractivity contribution in [2.24, 2.45) is 0 Å². The predicted octanol–water partition coefficient (Wildman–Crippen LogP) is 8.11. The summed E-state index contributed by atoms with van der Waals surface area (Å²) in [6.07, 6.45) is 4.30. The fraction of sp³-hybridized carbons (Fsp3) is 0.241. The van der Waals surface area contributed by atoms with Crippen LogP contribution in [0.2, 0.25) is 0 Å². The molecule has 0 aliphatic rings. The molecule has 37 heavy (non-hydrogen) atoms. The average Bonchev–Trinajstić information content (AvgIpc) is 3.67. The van der Waals surface area contributed by atoms with Crippen molar-refractivity contribution in [3.63, 3.8) is 0 Å². The molecule has 0 spiro atoms. The highest BCUT2D eigenvalue weighted by atomic mass is 32.2. The highest BCUT2D eigenvalue weighted by Gasteiger charge is 2.12. The van der Waals surface area contributed by atoms with Gasteiger partial charge in [0.05, 0.1) is 12.0 Å². The summed E-state index contributed by atoms with van der Waals surface area (Å²) in [6.45, 7) is 12.0. The van der Waals surface area contributed by atoms with Crippen LogP contribution in [0.25, 0.3) is 28.5 Å². The van der Waals surface area contributed by atoms with Gasteiger partial charge in [0, 0.05) is 16.1 Å². The predicted molar refractivity (Wildman–Crippen MR) is 156 cm³/mol. The molecular weight excluding hydrogens is 482 g/mol. The summed E-state index contributed by atoms with van der Waals surface area (Å²) >= 11 is 1.77. The van der Waals surface area contributed by atoms with Gasteiger partial charge in [0.25, 0.3) is 0 Å². The molecular formula is C29H37N5O2S. The van der Waals surface area contributed by atoms with Crippen LogP contribution in [0.3, 0.4) is 0 Å². The first-order chi connectivity index (χ1) is 18.3. The zero-order valence-electron chi connectivity index (χ0n) is 22.7. The minimum atomic E-state index is 0.536. The minimum Gasteiger partial charge on any atom is -0.461 e. The quantitative estimate of drug-likeness (QED) is 0.186. The van der Waals surface area contributed by atoms with Crippen LogP contribution in [0, 0.1) is 0 Å². The second-order valence-corrected chi connectivity index (χ2v) is 7.23. The SMILES string of the molecule is CC.CC.CC.CSc1ccccc1.O=CNc1cccc(-c2ccc3nnc(-c4ccco4)n3n2)c1. The molecule has 0 unspecified atom stereocenters. The molecule has 2 aromatic carbocycles. The summed E-state index contributed by atoms with van der Waals surface area (Å²) in [5.74, 6) is 1.13. The van der Waals surface area contributed by atoms with E-state index in [0.29, 0.717) is 29.3 Å². The summed E-state index contributed by atoms with van der Waals surface area (Å²) in [7, 11) is 0. The van der Waals surface area contributed by atoms with Crippen LogP contribution in [0.5, 0.6) is 0 Å². The fourth-order valence-electron chi connectivity index (χ4n) is 2.90. The number of hydrogen-bond acceptors (Lipinski definition) is 6. The molecule has 0 atom stereocenters. The van der Waals surface area contributed by atoms with Crippen molar-refractivity contribution in [2.45, 2.75) is 46.4 Å². The largest absolute Gasteiger partial charge is 0.461 e. The van der Waals surface area contributed by atoms with Crippen LogP contribution in [0.4, 0.5) is 5.69 Å². The molecule has 0 saturated heterocycles. The van der Waals surface area contributed by atoms with Crippen LogP contribution in [-0.4, -0.2) is 32.5 Å². The molecule has 1 N–H and O–H groups in total. The van der Waals surface area contributed by atoms with E-state index >= 15 is 0 Å². The summed E-state index contributed by atoms with van der Waals surface area (Å²) in [6, 6.07) is 25.0. The first-order valence-electron chi connectivity index (χ1n) is 12.4. The number of furan rings is 1. The molecule has 0 aliphatic carbocycles. The van der Waals surface area contributed by atoms with Gasteiger partial charge in [0.1, 0.15) is 0 Å². The first kappa shape index (κ1) is 31.1. The van der Waals surface area contributed by atoms with Gasteiger partial charge >= 0.3 is 0 Å². The van der Waals surface area contributed by atoms with Crippen LogP contribution >= 0.6 is 11.8 Å². The van der Waals surface area contributed by atoms with Crippen molar-refractivity contribution in [1.82, 2.24) is 19.8 Å². The van der Waals surface area contributed by atoms with Crippen molar-refractivity contribution in [2.75, 3.05) is 11.6 Å². The average molecular weight is 520 g/mol. The van der Waals surface area contributed by atoms with Crippen LogP contribution < -0.4 is 5.32 Å². The van der Waals surface area contributed by atoms with Gasteiger partial charge in [0.2, 0.25) is 12.2 Å². The number of nitrogens with zero attached hydrogens (tertiary/aromatic N) is 4. The van der Waals surface area contributed by atoms with E-state index in [0.717, 1.165) is 11.3 Å². The van der Waals surface area contributed by atoms with Gasteiger partial charge in [-0.1, -0.05) is 71.9 Å². The van der Waals surface area contributed by atoms with Gasteiger partial charge in [-0.25, -0.2) is 0 Å². The zero-order chi connectivity index (χ0) is 27.5. The Bertz CT molecular complexity index is 1270. The minimum absolute atomic E-state index is 0.536. The molecule has 3 aromatic heterocycles. The van der Waals surface area contributed by atoms with Gasteiger partial charge in [-0.3, -0.25) is 4.79 Å². The molecule has 0 bridgehead atoms. The summed E-state index contributed by atoms with van der Waals surface area (Å²) in [5.41, 5.74) is 2.94. The molecule has 1 amide bonds. The van der Waals surface area contributed by atoms with Gasteiger partial charge in [-0.05, 0) is 54.8 Å². The Morgan fingerprint density at radius 3 is 2.16 bits per heavy atom. The number of benzene rings is 2. The van der Waals surface area contributed by atoms with Crippen molar-refractivity contribution in [1.29, 1.82) is 0 Å². The number of nitrogens with one attached hydrogen (secondary N) is 1. The van der Waals surface area contributed by atoms with E-state index in [9.17, 15) is 4.79 Å². The Morgan fingerprint density at radius 2 is 1.57 bits per heavy atom. The summed E-state index contributed by atoms with van der Waals surface area (Å²) in [4.78, 5) is 11.9. The number of thioether (sulfide) groups is 1. The molecule has 5 aromatic rings. The van der Waals surface area contributed by atoms with Crippen LogP contribution in [-0.2, 0) is 4.79 Å². The Balaban J connectivity index is 0.000000410. The van der Waals surface area contributed by atoms with Crippen LogP contribution in [0.1, 0.15) is 41.5 Å². The van der Waals surface area contributed by atoms with Gasteiger partial charge in [-0.2, -0.15) is 9.61 Å². The number of amides is 1. The van der Waals surface area contributed by atoms with E-state index in [-0.39, 0.29) is 0 Å². The van der Waals surface area contributed by atoms with E-state index in [1.165, 1.54) is 4.90 Å². The Hall–Kier alpha value is -3.91. The molecule has 196 valence electrons. The number of hydrogen-bond donors (Lipinski definition) is 1. The van der Waals surface area contributed by atoms with Crippen molar-refractivity contribution in [3.8, 4) is 22.8 Å². The van der Waals surface area contributed by atoms with E-state index in [2.05, 4.69) is 39.0 Å². The summed E-state index contributed by atoms with van der Waals surface area (Å²) < 4.78 is 7.00. The van der Waals surface area contributed by atoms with Gasteiger partial charge < -0.3 is 9.73 Å². The van der Waals surface area contributed by atoms with Crippen molar-refractivity contribution >= 4 is 29.5 Å². The third kappa shape index (κ3) is 9.24.